The lowest BCUT2D eigenvalue weighted by Crippen LogP contribution is -2.59. The number of epoxide rings is 1. The highest BCUT2D eigenvalue weighted by molar-refractivity contribution is 5.94. The third kappa shape index (κ3) is 21.1. The molecular formula is C59H104O23. The first-order valence-corrected chi connectivity index (χ1v) is 30.0. The molecule has 11 N–H and O–H groups in total. The average Bonchev–Trinajstić information content (AvgIpc) is 4.25. The van der Waals surface area contributed by atoms with E-state index in [2.05, 4.69) is 0 Å². The van der Waals surface area contributed by atoms with Gasteiger partial charge in [-0.2, -0.15) is 0 Å². The summed E-state index contributed by atoms with van der Waals surface area (Å²) in [6.07, 6.45) is -16.1. The molecule has 0 spiro atoms. The van der Waals surface area contributed by atoms with E-state index in [1.54, 1.807) is 55.8 Å². The molecule has 2 bridgehead atoms. The highest BCUT2D eigenvalue weighted by atomic mass is 16.7. The van der Waals surface area contributed by atoms with Gasteiger partial charge in [-0.25, -0.2) is 4.79 Å². The van der Waals surface area contributed by atoms with E-state index in [4.69, 9.17) is 42.6 Å². The predicted molar refractivity (Wildman–Crippen MR) is 295 cm³/mol. The molecule has 0 aliphatic carbocycles. The van der Waals surface area contributed by atoms with Crippen molar-refractivity contribution < 1.29 is 113 Å². The number of unbranched alkanes of at least 4 members (excludes halogenated alkanes) is 1. The van der Waals surface area contributed by atoms with Gasteiger partial charge in [0.2, 0.25) is 0 Å². The lowest BCUT2D eigenvalue weighted by atomic mass is 9.77. The molecule has 0 radical (unpaired) electrons. The third-order valence-electron chi connectivity index (χ3n) is 17.8. The van der Waals surface area contributed by atoms with Crippen LogP contribution in [0, 0.1) is 35.5 Å². The van der Waals surface area contributed by atoms with Crippen molar-refractivity contribution in [1.82, 2.24) is 0 Å². The molecule has 478 valence electrons. The Balaban J connectivity index is 1.58. The van der Waals surface area contributed by atoms with Crippen LogP contribution in [0.15, 0.2) is 12.2 Å². The lowest BCUT2D eigenvalue weighted by molar-refractivity contribution is -0.333. The zero-order valence-corrected chi connectivity index (χ0v) is 50.3. The van der Waals surface area contributed by atoms with Crippen LogP contribution in [0.3, 0.4) is 0 Å². The summed E-state index contributed by atoms with van der Waals surface area (Å²) in [6, 6.07) is 0. The summed E-state index contributed by atoms with van der Waals surface area (Å²) in [7, 11) is 4.33. The number of esters is 3. The van der Waals surface area contributed by atoms with Crippen LogP contribution in [0.5, 0.6) is 0 Å². The Morgan fingerprint density at radius 3 is 2.05 bits per heavy atom. The molecule has 82 heavy (non-hydrogen) atoms. The highest BCUT2D eigenvalue weighted by Gasteiger charge is 2.53. The fourth-order valence-electron chi connectivity index (χ4n) is 12.2. The van der Waals surface area contributed by atoms with E-state index in [0.717, 1.165) is 13.2 Å². The molecule has 0 aromatic heterocycles. The molecule has 3 saturated heterocycles. The maximum atomic E-state index is 13.7. The summed E-state index contributed by atoms with van der Waals surface area (Å²) in [4.78, 5) is 40.1. The fraction of sp³-hybridized carbons (Fsp3) is 0.915. The van der Waals surface area contributed by atoms with Crippen molar-refractivity contribution in [3.63, 3.8) is 0 Å². The summed E-state index contributed by atoms with van der Waals surface area (Å²) < 4.78 is 52.5. The first kappa shape index (κ1) is 71.9. The van der Waals surface area contributed by atoms with Crippen LogP contribution in [-0.4, -0.2) is 223 Å². The number of fused-ring (bicyclic) bond motifs is 3. The van der Waals surface area contributed by atoms with Gasteiger partial charge < -0.3 is 98.8 Å². The van der Waals surface area contributed by atoms with E-state index in [9.17, 15) is 70.6 Å². The van der Waals surface area contributed by atoms with Crippen LogP contribution in [-0.2, 0) is 57.0 Å². The Labute approximate surface area is 484 Å². The molecule has 23 nitrogen and oxygen atoms in total. The largest absolute Gasteiger partial charge is 0.468 e. The molecule has 4 rings (SSSR count). The second-order valence-corrected chi connectivity index (χ2v) is 24.3. The van der Waals surface area contributed by atoms with Crippen molar-refractivity contribution in [3.05, 3.63) is 12.2 Å². The number of aliphatic hydroxyl groups excluding tert-OH is 10. The number of methoxy groups -OCH3 is 3. The molecule has 0 aromatic rings. The second-order valence-electron chi connectivity index (χ2n) is 24.3. The van der Waals surface area contributed by atoms with Crippen molar-refractivity contribution in [2.24, 2.45) is 35.5 Å². The number of rotatable bonds is 16. The van der Waals surface area contributed by atoms with Gasteiger partial charge in [0.15, 0.2) is 18.0 Å². The topological polar surface area (TPSA) is 360 Å². The monoisotopic (exact) mass is 1180 g/mol. The van der Waals surface area contributed by atoms with Gasteiger partial charge in [0.05, 0.1) is 92.6 Å². The number of hydrogen-bond acceptors (Lipinski definition) is 23. The van der Waals surface area contributed by atoms with E-state index < -0.39 is 170 Å². The number of aliphatic hydroxyl groups is 11. The fourth-order valence-corrected chi connectivity index (χ4v) is 12.2. The number of cyclic esters (lactones) is 1. The average molecular weight is 1180 g/mol. The van der Waals surface area contributed by atoms with Crippen molar-refractivity contribution in [2.75, 3.05) is 21.3 Å². The molecule has 4 aliphatic heterocycles. The van der Waals surface area contributed by atoms with Crippen LogP contribution in [0.4, 0.5) is 0 Å². The first-order chi connectivity index (χ1) is 38.6. The number of hydrogen-bond donors (Lipinski definition) is 11. The van der Waals surface area contributed by atoms with Gasteiger partial charge in [0.25, 0.3) is 0 Å². The number of ether oxygens (including phenoxy) is 9. The summed E-state index contributed by atoms with van der Waals surface area (Å²) in [6.45, 7) is 14.1. The Morgan fingerprint density at radius 1 is 0.732 bits per heavy atom. The quantitative estimate of drug-likeness (QED) is 0.0457. The van der Waals surface area contributed by atoms with E-state index in [0.29, 0.717) is 19.3 Å². The maximum Gasteiger partial charge on any atom is 0.330 e. The molecular weight excluding hydrogens is 1080 g/mol. The minimum atomic E-state index is -2.46. The summed E-state index contributed by atoms with van der Waals surface area (Å²) in [5.41, 5.74) is 0. The minimum absolute atomic E-state index is 0.0781. The molecule has 0 aromatic carbocycles. The molecule has 3 fully saturated rings. The van der Waals surface area contributed by atoms with E-state index in [-0.39, 0.29) is 95.4 Å². The van der Waals surface area contributed by atoms with Crippen LogP contribution in [0.2, 0.25) is 0 Å². The summed E-state index contributed by atoms with van der Waals surface area (Å²) in [5.74, 6) is -9.57. The molecule has 27 atom stereocenters. The van der Waals surface area contributed by atoms with Crippen LogP contribution in [0.1, 0.15) is 158 Å². The SMILES string of the molecule is CCCCC(C(=O)OC)C(=O)O[C@@H]1CCC[C@H](O)[C@@H]2O[C@H]2[C@H](C)[C@@H]([C@@H](C)[C@@H](O)[C@H](C)[C@@H](O)[C@@H](C)[C@H](C)O[C@H]2C[C@H](OC)[C@H](OC)[C@H](C)O2)OC(=O)/C=C/C[C@H](O)C[C@H](O)C[C@@H](O)CC[C@@H](C)[C@H](O)C[C@]2(O)O[C@H](C[C@@H](O)C1)C[C@H](O)[C@H]2O. The molecule has 4 aliphatic rings. The van der Waals surface area contributed by atoms with Gasteiger partial charge in [-0.1, -0.05) is 60.5 Å². The Bertz CT molecular complexity index is 1910. The van der Waals surface area contributed by atoms with Gasteiger partial charge in [-0.3, -0.25) is 9.59 Å². The zero-order valence-electron chi connectivity index (χ0n) is 50.3. The molecule has 1 unspecified atom stereocenters. The Hall–Kier alpha value is -2.53. The predicted octanol–water partition coefficient (Wildman–Crippen LogP) is 2.25. The second kappa shape index (κ2) is 34.1. The molecule has 4 heterocycles. The van der Waals surface area contributed by atoms with Crippen molar-refractivity contribution >= 4 is 17.9 Å². The van der Waals surface area contributed by atoms with Crippen LogP contribution >= 0.6 is 0 Å². The van der Waals surface area contributed by atoms with Crippen molar-refractivity contribution in [3.8, 4) is 0 Å². The molecule has 0 saturated carbocycles. The van der Waals surface area contributed by atoms with E-state index in [1.807, 2.05) is 13.8 Å². The van der Waals surface area contributed by atoms with Crippen LogP contribution in [0.25, 0.3) is 0 Å². The van der Waals surface area contributed by atoms with Gasteiger partial charge in [-0.15, -0.1) is 0 Å². The molecule has 0 amide bonds. The highest BCUT2D eigenvalue weighted by Crippen LogP contribution is 2.41. The third-order valence-corrected chi connectivity index (χ3v) is 17.8. The van der Waals surface area contributed by atoms with Gasteiger partial charge in [-0.05, 0) is 84.0 Å². The van der Waals surface area contributed by atoms with Crippen molar-refractivity contribution in [2.45, 2.75) is 286 Å². The van der Waals surface area contributed by atoms with Crippen molar-refractivity contribution in [1.29, 1.82) is 0 Å². The first-order valence-electron chi connectivity index (χ1n) is 30.0. The van der Waals surface area contributed by atoms with Crippen LogP contribution < -0.4 is 0 Å². The summed E-state index contributed by atoms with van der Waals surface area (Å²) in [5, 5.41) is 124. The molecule has 23 heteroatoms. The number of carbonyl (C=O) groups is 3. The number of carbonyl (C=O) groups excluding carboxylic acids is 3. The zero-order chi connectivity index (χ0) is 61.3. The Kier molecular flexibility index (Phi) is 29.9. The smallest absolute Gasteiger partial charge is 0.330 e. The maximum absolute atomic E-state index is 13.7. The standard InChI is InChI=1S/C59H104O23/c1-12-13-18-43(57(71)76-11)58(72)79-41-17-15-19-44(64)55-53(81-55)34(6)52(33(5)51(69)32(4)50(68)31(3)35(7)77-49-28-47(74-9)54(75-10)36(8)78-49)80-48(67)20-14-16-37(60)23-39(62)24-38(61)22-21-30(2)46(66)29-59(73)56(70)45(65)27-42(82-59)26-40(63)25-41/h14,20,30-47,49-56,60-66,68-70,73H,12-13,15-19,21-29H2,1-11H3/b20-14+/t30-,31+,32-,33+,34-,35+,36+,37+,38+,39+,40+,41-,42-,43?,44+,45+,46-,47+,49-,50+,51+,52-,53+,54-,55+,56-,59+/m1/s1. The lowest BCUT2D eigenvalue weighted by Gasteiger charge is -2.45. The van der Waals surface area contributed by atoms with E-state index >= 15 is 0 Å². The Morgan fingerprint density at radius 2 is 1.40 bits per heavy atom. The summed E-state index contributed by atoms with van der Waals surface area (Å²) >= 11 is 0. The minimum Gasteiger partial charge on any atom is -0.468 e. The normalized spacial score (nSPS) is 40.5. The van der Waals surface area contributed by atoms with Gasteiger partial charge >= 0.3 is 17.9 Å². The van der Waals surface area contributed by atoms with E-state index in [1.165, 1.54) is 6.08 Å². The van der Waals surface area contributed by atoms with Gasteiger partial charge in [0, 0.05) is 69.7 Å². The van der Waals surface area contributed by atoms with Gasteiger partial charge in [0.1, 0.15) is 30.5 Å².